The Bertz CT molecular complexity index is 574. The van der Waals surface area contributed by atoms with Crippen LogP contribution in [0.4, 0.5) is 4.39 Å². The van der Waals surface area contributed by atoms with Crippen LogP contribution in [0.5, 0.6) is 0 Å². The standard InChI is InChI=1S/C16H18FNO4/c17-11-3-1-10(2-4-11)14-9-18(7-8-22-14)15(19)12-5-6-13(12)16(20)21/h1-4,12-14H,5-9H2,(H,20,21). The van der Waals surface area contributed by atoms with Crippen LogP contribution >= 0.6 is 0 Å². The summed E-state index contributed by atoms with van der Waals surface area (Å²) < 4.78 is 18.6. The van der Waals surface area contributed by atoms with Crippen LogP contribution < -0.4 is 0 Å². The number of ether oxygens (including phenoxy) is 1. The van der Waals surface area contributed by atoms with E-state index in [0.717, 1.165) is 5.56 Å². The Hall–Kier alpha value is -1.95. The second-order valence-corrected chi connectivity index (χ2v) is 5.82. The molecular formula is C16H18FNO4. The fourth-order valence-electron chi connectivity index (χ4n) is 3.05. The van der Waals surface area contributed by atoms with Crippen molar-refractivity contribution in [3.05, 3.63) is 35.6 Å². The van der Waals surface area contributed by atoms with Gasteiger partial charge in [-0.15, -0.1) is 0 Å². The Labute approximate surface area is 127 Å². The molecule has 1 aromatic rings. The van der Waals surface area contributed by atoms with Crippen molar-refractivity contribution in [1.82, 2.24) is 4.90 Å². The van der Waals surface area contributed by atoms with E-state index in [1.807, 2.05) is 0 Å². The molecule has 1 amide bonds. The Morgan fingerprint density at radius 2 is 1.86 bits per heavy atom. The first-order chi connectivity index (χ1) is 10.6. The number of rotatable bonds is 3. The minimum atomic E-state index is -0.895. The summed E-state index contributed by atoms with van der Waals surface area (Å²) in [6.07, 6.45) is 0.910. The number of amides is 1. The van der Waals surface area contributed by atoms with Gasteiger partial charge in [0.05, 0.1) is 25.0 Å². The molecule has 0 bridgehead atoms. The number of carboxylic acid groups (broad SMARTS) is 1. The zero-order valence-corrected chi connectivity index (χ0v) is 12.1. The first-order valence-electron chi connectivity index (χ1n) is 7.45. The highest BCUT2D eigenvalue weighted by Gasteiger charge is 2.44. The van der Waals surface area contributed by atoms with Crippen molar-refractivity contribution in [2.45, 2.75) is 18.9 Å². The normalized spacial score (nSPS) is 28.0. The zero-order valence-electron chi connectivity index (χ0n) is 12.1. The zero-order chi connectivity index (χ0) is 15.7. The van der Waals surface area contributed by atoms with Gasteiger partial charge in [0.25, 0.3) is 0 Å². The summed E-state index contributed by atoms with van der Waals surface area (Å²) in [6, 6.07) is 6.03. The topological polar surface area (TPSA) is 66.8 Å². The molecule has 0 radical (unpaired) electrons. The van der Waals surface area contributed by atoms with Crippen LogP contribution in [0.1, 0.15) is 24.5 Å². The summed E-state index contributed by atoms with van der Waals surface area (Å²) in [5.41, 5.74) is 0.822. The van der Waals surface area contributed by atoms with Gasteiger partial charge in [-0.2, -0.15) is 0 Å². The quantitative estimate of drug-likeness (QED) is 0.925. The highest BCUT2D eigenvalue weighted by Crippen LogP contribution is 2.36. The molecule has 3 atom stereocenters. The van der Waals surface area contributed by atoms with Crippen LogP contribution in [0, 0.1) is 17.7 Å². The average Bonchev–Trinajstić information content (AvgIpc) is 2.46. The Morgan fingerprint density at radius 3 is 2.45 bits per heavy atom. The van der Waals surface area contributed by atoms with Gasteiger partial charge >= 0.3 is 5.97 Å². The lowest BCUT2D eigenvalue weighted by molar-refractivity contribution is -0.160. The number of hydrogen-bond acceptors (Lipinski definition) is 3. The number of aliphatic carboxylic acids is 1. The van der Waals surface area contributed by atoms with Crippen LogP contribution in [0.15, 0.2) is 24.3 Å². The highest BCUT2D eigenvalue weighted by atomic mass is 19.1. The summed E-state index contributed by atoms with van der Waals surface area (Å²) >= 11 is 0. The number of benzene rings is 1. The Kier molecular flexibility index (Phi) is 4.11. The molecule has 2 aliphatic rings. The average molecular weight is 307 g/mol. The predicted octanol–water partition coefficient (Wildman–Crippen LogP) is 1.84. The summed E-state index contributed by atoms with van der Waals surface area (Å²) in [5, 5.41) is 9.08. The van der Waals surface area contributed by atoms with Gasteiger partial charge in [-0.05, 0) is 30.5 Å². The van der Waals surface area contributed by atoms with Crippen molar-refractivity contribution in [2.75, 3.05) is 19.7 Å². The van der Waals surface area contributed by atoms with E-state index in [9.17, 15) is 14.0 Å². The van der Waals surface area contributed by atoms with Gasteiger partial charge in [0.2, 0.25) is 5.91 Å². The number of carbonyl (C=O) groups is 2. The third-order valence-corrected chi connectivity index (χ3v) is 4.53. The van der Waals surface area contributed by atoms with Gasteiger partial charge in [-0.25, -0.2) is 4.39 Å². The van der Waals surface area contributed by atoms with Gasteiger partial charge in [0, 0.05) is 6.54 Å². The molecule has 5 nitrogen and oxygen atoms in total. The molecule has 1 saturated heterocycles. The van der Waals surface area contributed by atoms with Gasteiger partial charge in [0.1, 0.15) is 11.9 Å². The van der Waals surface area contributed by atoms with Crippen molar-refractivity contribution in [2.24, 2.45) is 11.8 Å². The molecule has 1 saturated carbocycles. The van der Waals surface area contributed by atoms with Crippen molar-refractivity contribution in [3.63, 3.8) is 0 Å². The van der Waals surface area contributed by atoms with Crippen LogP contribution in [0.2, 0.25) is 0 Å². The third kappa shape index (κ3) is 2.83. The van der Waals surface area contributed by atoms with Gasteiger partial charge in [-0.1, -0.05) is 12.1 Å². The Balaban J connectivity index is 1.66. The number of hydrogen-bond donors (Lipinski definition) is 1. The molecule has 3 rings (SSSR count). The molecule has 1 aliphatic heterocycles. The SMILES string of the molecule is O=C(O)C1CCC1C(=O)N1CCOC(c2ccc(F)cc2)C1. The van der Waals surface area contributed by atoms with E-state index in [1.165, 1.54) is 12.1 Å². The maximum absolute atomic E-state index is 13.0. The largest absolute Gasteiger partial charge is 0.481 e. The minimum absolute atomic E-state index is 0.103. The molecule has 2 fully saturated rings. The summed E-state index contributed by atoms with van der Waals surface area (Å²) in [5.74, 6) is -2.28. The molecule has 0 aromatic heterocycles. The lowest BCUT2D eigenvalue weighted by Gasteiger charge is -2.39. The summed E-state index contributed by atoms with van der Waals surface area (Å²) in [4.78, 5) is 25.2. The first kappa shape index (κ1) is 15.0. The predicted molar refractivity (Wildman–Crippen MR) is 75.5 cm³/mol. The lowest BCUT2D eigenvalue weighted by atomic mass is 9.73. The summed E-state index contributed by atoms with van der Waals surface area (Å²) in [6.45, 7) is 1.25. The van der Waals surface area contributed by atoms with E-state index in [1.54, 1.807) is 17.0 Å². The minimum Gasteiger partial charge on any atom is -0.481 e. The fraction of sp³-hybridized carbons (Fsp3) is 0.500. The van der Waals surface area contributed by atoms with Crippen LogP contribution in [0.3, 0.4) is 0 Å². The van der Waals surface area contributed by atoms with Crippen molar-refractivity contribution in [1.29, 1.82) is 0 Å². The highest BCUT2D eigenvalue weighted by molar-refractivity contribution is 5.86. The number of halogens is 1. The number of carboxylic acids is 1. The van der Waals surface area contributed by atoms with Gasteiger partial charge in [0.15, 0.2) is 0 Å². The molecule has 22 heavy (non-hydrogen) atoms. The van der Waals surface area contributed by atoms with Crippen molar-refractivity contribution in [3.8, 4) is 0 Å². The van der Waals surface area contributed by atoms with E-state index >= 15 is 0 Å². The van der Waals surface area contributed by atoms with E-state index in [2.05, 4.69) is 0 Å². The summed E-state index contributed by atoms with van der Waals surface area (Å²) in [7, 11) is 0. The lowest BCUT2D eigenvalue weighted by Crippen LogP contribution is -2.50. The van der Waals surface area contributed by atoms with Crippen LogP contribution in [0.25, 0.3) is 0 Å². The fourth-order valence-corrected chi connectivity index (χ4v) is 3.05. The molecule has 6 heteroatoms. The van der Waals surface area contributed by atoms with Crippen molar-refractivity contribution >= 4 is 11.9 Å². The van der Waals surface area contributed by atoms with Gasteiger partial charge in [-0.3, -0.25) is 9.59 Å². The molecule has 1 aliphatic carbocycles. The van der Waals surface area contributed by atoms with Gasteiger partial charge < -0.3 is 14.7 Å². The Morgan fingerprint density at radius 1 is 1.18 bits per heavy atom. The molecule has 3 unspecified atom stereocenters. The molecule has 1 heterocycles. The smallest absolute Gasteiger partial charge is 0.307 e. The molecule has 1 N–H and O–H groups in total. The number of morpholine rings is 1. The maximum atomic E-state index is 13.0. The second kappa shape index (κ2) is 6.04. The van der Waals surface area contributed by atoms with E-state index in [4.69, 9.17) is 9.84 Å². The van der Waals surface area contributed by atoms with Crippen molar-refractivity contribution < 1.29 is 23.8 Å². The van der Waals surface area contributed by atoms with E-state index < -0.39 is 17.8 Å². The second-order valence-electron chi connectivity index (χ2n) is 5.82. The van der Waals surface area contributed by atoms with Crippen LogP contribution in [-0.4, -0.2) is 41.6 Å². The van der Waals surface area contributed by atoms with E-state index in [-0.39, 0.29) is 17.8 Å². The number of carbonyl (C=O) groups excluding carboxylic acids is 1. The molecule has 1 aromatic carbocycles. The van der Waals surface area contributed by atoms with E-state index in [0.29, 0.717) is 32.5 Å². The van der Waals surface area contributed by atoms with Crippen LogP contribution in [-0.2, 0) is 14.3 Å². The molecule has 118 valence electrons. The first-order valence-corrected chi connectivity index (χ1v) is 7.45. The number of nitrogens with zero attached hydrogens (tertiary/aromatic N) is 1. The monoisotopic (exact) mass is 307 g/mol. The molecular weight excluding hydrogens is 289 g/mol. The molecule has 0 spiro atoms. The maximum Gasteiger partial charge on any atom is 0.307 e. The third-order valence-electron chi connectivity index (χ3n) is 4.53.